The number of amides is 6. The molecule has 0 bridgehead atoms. The van der Waals surface area contributed by atoms with E-state index in [4.69, 9.17) is 0 Å². The predicted octanol–water partition coefficient (Wildman–Crippen LogP) is -1.11. The first kappa shape index (κ1) is 30.8. The van der Waals surface area contributed by atoms with Crippen molar-refractivity contribution in [1.82, 2.24) is 45.5 Å². The molecule has 3 atom stereocenters. The van der Waals surface area contributed by atoms with Crippen molar-refractivity contribution in [3.63, 3.8) is 0 Å². The maximum Gasteiger partial charge on any atom is 0.352 e. The van der Waals surface area contributed by atoms with Gasteiger partial charge in [0.05, 0.1) is 0 Å². The summed E-state index contributed by atoms with van der Waals surface area (Å²) in [4.78, 5) is 80.1. The Morgan fingerprint density at radius 2 is 1.86 bits per heavy atom. The number of benzene rings is 1. The Labute approximate surface area is 258 Å². The van der Waals surface area contributed by atoms with Crippen LogP contribution in [0.25, 0.3) is 0 Å². The molecule has 1 aromatic carbocycles. The molecule has 44 heavy (non-hydrogen) atoms. The highest BCUT2D eigenvalue weighted by Crippen LogP contribution is 2.41. The number of phenolic OH excluding ortho intramolecular Hbond substituents is 1. The average Bonchev–Trinajstić information content (AvgIpc) is 3.42. The molecular formula is C25H27N9O8S2. The molecule has 2 aromatic rings. The van der Waals surface area contributed by atoms with E-state index in [1.165, 1.54) is 57.4 Å². The molecule has 5 rings (SSSR count). The van der Waals surface area contributed by atoms with Crippen molar-refractivity contribution in [2.24, 2.45) is 7.05 Å². The molecule has 3 aliphatic rings. The molecule has 2 unspecified atom stereocenters. The third-order valence-electron chi connectivity index (χ3n) is 7.20. The van der Waals surface area contributed by atoms with Crippen LogP contribution in [0.3, 0.4) is 0 Å². The van der Waals surface area contributed by atoms with Crippen LogP contribution in [-0.4, -0.2) is 123 Å². The standard InChI is InChI=1S/C25H27N9O8S2/c1-3-32-8-9-33(21(39)20(32)38)24(42)27-15(12-4-6-14(35)7-5-12)18(36)26-16-19(37)34-17(23(40)41)13(10-43-22(16)34)11-44-25-28-29-30-31(25)2/h4-7,15-16,22,35H,3,8-11H2,1-2H3,(H,26,36)(H,27,42)(H,40,41)/t15?,16-,22?/m1/s1. The van der Waals surface area contributed by atoms with E-state index in [2.05, 4.69) is 26.2 Å². The largest absolute Gasteiger partial charge is 0.508 e. The Balaban J connectivity index is 1.31. The fourth-order valence-electron chi connectivity index (χ4n) is 4.86. The molecule has 4 heterocycles. The van der Waals surface area contributed by atoms with Crippen molar-refractivity contribution < 1.29 is 39.0 Å². The van der Waals surface area contributed by atoms with E-state index < -0.39 is 53.1 Å². The first-order chi connectivity index (χ1) is 21.0. The molecular weight excluding hydrogens is 618 g/mol. The summed E-state index contributed by atoms with van der Waals surface area (Å²) in [6, 6.07) is 1.84. The Bertz CT molecular complexity index is 1560. The molecule has 1 aromatic heterocycles. The van der Waals surface area contributed by atoms with Crippen LogP contribution >= 0.6 is 23.5 Å². The monoisotopic (exact) mass is 645 g/mol. The number of aromatic nitrogens is 4. The van der Waals surface area contributed by atoms with Crippen LogP contribution in [0.1, 0.15) is 18.5 Å². The molecule has 2 fully saturated rings. The topological polar surface area (TPSA) is 220 Å². The summed E-state index contributed by atoms with van der Waals surface area (Å²) >= 11 is 2.49. The number of hydrogen-bond acceptors (Lipinski definition) is 12. The van der Waals surface area contributed by atoms with Crippen molar-refractivity contribution >= 4 is 59.2 Å². The summed E-state index contributed by atoms with van der Waals surface area (Å²) in [6.45, 7) is 2.04. The highest BCUT2D eigenvalue weighted by atomic mass is 32.2. The van der Waals surface area contributed by atoms with E-state index in [0.29, 0.717) is 22.2 Å². The van der Waals surface area contributed by atoms with Gasteiger partial charge < -0.3 is 25.7 Å². The number of piperazine rings is 1. The van der Waals surface area contributed by atoms with Crippen molar-refractivity contribution in [2.45, 2.75) is 29.5 Å². The first-order valence-electron chi connectivity index (χ1n) is 13.3. The Kier molecular flexibility index (Phi) is 8.77. The molecule has 17 nitrogen and oxygen atoms in total. The second kappa shape index (κ2) is 12.5. The van der Waals surface area contributed by atoms with Gasteiger partial charge in [0.25, 0.3) is 5.91 Å². The number of β-lactam (4-membered cyclic amide) rings is 1. The highest BCUT2D eigenvalue weighted by molar-refractivity contribution is 8.01. The Hall–Kier alpha value is -4.65. The molecule has 0 radical (unpaired) electrons. The van der Waals surface area contributed by atoms with E-state index in [9.17, 15) is 39.0 Å². The molecule has 0 saturated carbocycles. The molecule has 6 amide bonds. The SMILES string of the molecule is CCN1CCN(C(=O)NC(C(=O)N[C@@H]2C(=O)N3C(C(=O)O)=C(CSc4nnnn4C)CSC23)c2ccc(O)cc2)C(=O)C1=O. The number of nitrogens with zero attached hydrogens (tertiary/aromatic N) is 7. The number of urea groups is 1. The third-order valence-corrected chi connectivity index (χ3v) is 9.63. The zero-order valence-corrected chi connectivity index (χ0v) is 25.0. The van der Waals surface area contributed by atoms with Crippen molar-refractivity contribution in [2.75, 3.05) is 31.1 Å². The summed E-state index contributed by atoms with van der Waals surface area (Å²) < 4.78 is 1.44. The number of aliphatic carboxylic acids is 1. The first-order valence-corrected chi connectivity index (χ1v) is 15.3. The van der Waals surface area contributed by atoms with Crippen LogP contribution in [0.2, 0.25) is 0 Å². The second-order valence-electron chi connectivity index (χ2n) is 9.84. The van der Waals surface area contributed by atoms with E-state index in [1.807, 2.05) is 0 Å². The van der Waals surface area contributed by atoms with Gasteiger partial charge in [0.1, 0.15) is 28.9 Å². The third kappa shape index (κ3) is 5.79. The quantitative estimate of drug-likeness (QED) is 0.145. The van der Waals surface area contributed by atoms with E-state index in [-0.39, 0.29) is 41.6 Å². The van der Waals surface area contributed by atoms with Crippen LogP contribution < -0.4 is 10.6 Å². The van der Waals surface area contributed by atoms with Crippen molar-refractivity contribution in [3.8, 4) is 5.75 Å². The normalized spacial score (nSPS) is 20.7. The van der Waals surface area contributed by atoms with Crippen LogP contribution in [0.5, 0.6) is 5.75 Å². The molecule has 0 spiro atoms. The minimum Gasteiger partial charge on any atom is -0.508 e. The molecule has 3 aliphatic heterocycles. The lowest BCUT2D eigenvalue weighted by atomic mass is 10.0. The smallest absolute Gasteiger partial charge is 0.352 e. The number of fused-ring (bicyclic) bond motifs is 1. The Morgan fingerprint density at radius 1 is 1.14 bits per heavy atom. The van der Waals surface area contributed by atoms with Crippen molar-refractivity contribution in [1.29, 1.82) is 0 Å². The van der Waals surface area contributed by atoms with Gasteiger partial charge in [-0.3, -0.25) is 29.0 Å². The lowest BCUT2D eigenvalue weighted by Crippen LogP contribution is -2.71. The van der Waals surface area contributed by atoms with Crippen LogP contribution in [0, 0.1) is 0 Å². The number of carboxylic acid groups (broad SMARTS) is 1. The van der Waals surface area contributed by atoms with Crippen LogP contribution in [-0.2, 0) is 31.0 Å². The summed E-state index contributed by atoms with van der Waals surface area (Å²) in [5, 5.41) is 35.6. The fourth-order valence-corrected chi connectivity index (χ4v) is 7.20. The van der Waals surface area contributed by atoms with Gasteiger partial charge >= 0.3 is 23.8 Å². The number of carboxylic acids is 1. The number of rotatable bonds is 9. The number of carbonyl (C=O) groups excluding carboxylic acids is 5. The highest BCUT2D eigenvalue weighted by Gasteiger charge is 2.54. The summed E-state index contributed by atoms with van der Waals surface area (Å²) in [5.41, 5.74) is 0.536. The lowest BCUT2D eigenvalue weighted by molar-refractivity contribution is -0.153. The minimum atomic E-state index is -1.42. The number of phenols is 1. The van der Waals surface area contributed by atoms with Gasteiger partial charge in [-0.1, -0.05) is 23.9 Å². The second-order valence-corrected chi connectivity index (χ2v) is 11.9. The molecule has 0 aliphatic carbocycles. The number of thioether (sulfide) groups is 2. The van der Waals surface area contributed by atoms with Gasteiger partial charge in [-0.15, -0.1) is 16.9 Å². The summed E-state index contributed by atoms with van der Waals surface area (Å²) in [5.74, 6) is -4.26. The lowest BCUT2D eigenvalue weighted by Gasteiger charge is -2.49. The maximum atomic E-state index is 13.6. The van der Waals surface area contributed by atoms with Gasteiger partial charge in [-0.25, -0.2) is 14.3 Å². The zero-order valence-electron chi connectivity index (χ0n) is 23.4. The van der Waals surface area contributed by atoms with Gasteiger partial charge in [0, 0.05) is 38.2 Å². The van der Waals surface area contributed by atoms with Gasteiger partial charge in [-0.2, -0.15) is 0 Å². The number of aromatic hydroxyl groups is 1. The molecule has 19 heteroatoms. The fraction of sp³-hybridized carbons (Fsp3) is 0.400. The summed E-state index contributed by atoms with van der Waals surface area (Å²) in [7, 11) is 1.64. The number of hydrogen-bond donors (Lipinski definition) is 4. The van der Waals surface area contributed by atoms with Gasteiger partial charge in [-0.05, 0) is 40.6 Å². The van der Waals surface area contributed by atoms with E-state index >= 15 is 0 Å². The summed E-state index contributed by atoms with van der Waals surface area (Å²) in [6.07, 6.45) is 0. The van der Waals surface area contributed by atoms with Crippen LogP contribution in [0.4, 0.5) is 4.79 Å². The zero-order chi connectivity index (χ0) is 31.7. The predicted molar refractivity (Wildman–Crippen MR) is 153 cm³/mol. The molecule has 4 N–H and O–H groups in total. The number of tetrazole rings is 1. The Morgan fingerprint density at radius 3 is 2.50 bits per heavy atom. The molecule has 232 valence electrons. The average molecular weight is 646 g/mol. The minimum absolute atomic E-state index is 0.0823. The maximum absolute atomic E-state index is 13.6. The van der Waals surface area contributed by atoms with Gasteiger partial charge in [0.15, 0.2) is 0 Å². The number of likely N-dealkylation sites (N-methyl/N-ethyl adjacent to an activating group) is 1. The number of nitrogens with one attached hydrogen (secondary N) is 2. The number of carbonyl (C=O) groups is 6. The number of imide groups is 1. The van der Waals surface area contributed by atoms with Crippen molar-refractivity contribution in [3.05, 3.63) is 41.1 Å². The van der Waals surface area contributed by atoms with Crippen LogP contribution in [0.15, 0.2) is 40.7 Å². The van der Waals surface area contributed by atoms with Gasteiger partial charge in [0.2, 0.25) is 11.1 Å². The molecule has 2 saturated heterocycles. The van der Waals surface area contributed by atoms with E-state index in [1.54, 1.807) is 14.0 Å². The number of aryl methyl sites for hydroxylation is 1. The van der Waals surface area contributed by atoms with E-state index in [0.717, 1.165) is 4.90 Å².